The van der Waals surface area contributed by atoms with E-state index < -0.39 is 0 Å². The van der Waals surface area contributed by atoms with E-state index in [1.54, 1.807) is 29.2 Å². The van der Waals surface area contributed by atoms with Crippen LogP contribution in [0.3, 0.4) is 0 Å². The first-order valence-electron chi connectivity index (χ1n) is 11.4. The number of fused-ring (bicyclic) bond motifs is 1. The fourth-order valence-electron chi connectivity index (χ4n) is 4.13. The lowest BCUT2D eigenvalue weighted by atomic mass is 10.1. The van der Waals surface area contributed by atoms with Crippen molar-refractivity contribution in [2.45, 2.75) is 19.9 Å². The van der Waals surface area contributed by atoms with E-state index in [2.05, 4.69) is 4.57 Å². The van der Waals surface area contributed by atoms with Crippen molar-refractivity contribution in [3.63, 3.8) is 0 Å². The van der Waals surface area contributed by atoms with Crippen LogP contribution in [0.2, 0.25) is 5.02 Å². The third-order valence-corrected chi connectivity index (χ3v) is 6.99. The van der Waals surface area contributed by atoms with Gasteiger partial charge in [-0.3, -0.25) is 9.69 Å². The number of amidine groups is 1. The molecule has 176 valence electrons. The summed E-state index contributed by atoms with van der Waals surface area (Å²) in [6.45, 7) is 3.17. The molecular formula is C28H23ClFN3OS. The van der Waals surface area contributed by atoms with Gasteiger partial charge < -0.3 is 4.57 Å². The quantitative estimate of drug-likeness (QED) is 0.255. The molecule has 0 saturated carbocycles. The number of nitrogens with zero attached hydrogens (tertiary/aromatic N) is 3. The summed E-state index contributed by atoms with van der Waals surface area (Å²) in [5.74, 6) is -0.302. The number of halogens is 2. The number of benzene rings is 3. The van der Waals surface area contributed by atoms with Crippen molar-refractivity contribution in [2.24, 2.45) is 4.99 Å². The zero-order valence-electron chi connectivity index (χ0n) is 19.1. The summed E-state index contributed by atoms with van der Waals surface area (Å²) in [6, 6.07) is 21.9. The van der Waals surface area contributed by atoms with Gasteiger partial charge in [0.25, 0.3) is 5.91 Å². The Bertz CT molecular complexity index is 1460. The van der Waals surface area contributed by atoms with Crippen molar-refractivity contribution < 1.29 is 9.18 Å². The number of aromatic nitrogens is 1. The van der Waals surface area contributed by atoms with E-state index in [0.717, 1.165) is 34.1 Å². The molecule has 7 heteroatoms. The number of thioether (sulfide) groups is 1. The van der Waals surface area contributed by atoms with Gasteiger partial charge in [0.05, 0.1) is 10.6 Å². The third kappa shape index (κ3) is 5.04. The maximum absolute atomic E-state index is 13.7. The first-order chi connectivity index (χ1) is 17.0. The van der Waals surface area contributed by atoms with Crippen LogP contribution in [0.1, 0.15) is 24.5 Å². The highest BCUT2D eigenvalue weighted by molar-refractivity contribution is 8.18. The second-order valence-electron chi connectivity index (χ2n) is 8.30. The Hall–Kier alpha value is -3.35. The summed E-state index contributed by atoms with van der Waals surface area (Å²) >= 11 is 7.38. The molecule has 1 saturated heterocycles. The Morgan fingerprint density at radius 3 is 2.63 bits per heavy atom. The standard InChI is InChI=1S/C28H23ClFN3OS/c1-2-14-33-27(34)26(35-28(33)31-23-12-10-21(29)11-13-23)16-20-18-32(25-9-4-3-8-24(20)25)17-19-6-5-7-22(30)15-19/h3-13,15-16,18H,2,14,17H2,1H3/b26-16-,31-28?. The van der Waals surface area contributed by atoms with Crippen LogP contribution in [0.15, 0.2) is 88.9 Å². The molecule has 1 aromatic heterocycles. The van der Waals surface area contributed by atoms with E-state index in [4.69, 9.17) is 16.6 Å². The smallest absolute Gasteiger partial charge is 0.266 e. The molecule has 1 fully saturated rings. The summed E-state index contributed by atoms with van der Waals surface area (Å²) in [7, 11) is 0. The molecule has 5 rings (SSSR count). The zero-order valence-corrected chi connectivity index (χ0v) is 20.7. The lowest BCUT2D eigenvalue weighted by Gasteiger charge is -2.13. The minimum absolute atomic E-state index is 0.0495. The number of hydrogen-bond donors (Lipinski definition) is 0. The first-order valence-corrected chi connectivity index (χ1v) is 12.6. The summed E-state index contributed by atoms with van der Waals surface area (Å²) < 4.78 is 15.8. The summed E-state index contributed by atoms with van der Waals surface area (Å²) in [6.07, 6.45) is 4.78. The van der Waals surface area contributed by atoms with E-state index >= 15 is 0 Å². The molecule has 0 spiro atoms. The van der Waals surface area contributed by atoms with Crippen molar-refractivity contribution in [1.82, 2.24) is 9.47 Å². The van der Waals surface area contributed by atoms with Gasteiger partial charge in [0.2, 0.25) is 0 Å². The number of para-hydroxylation sites is 1. The van der Waals surface area contributed by atoms with Crippen LogP contribution < -0.4 is 0 Å². The number of aliphatic imine (C=N–C) groups is 1. The highest BCUT2D eigenvalue weighted by Crippen LogP contribution is 2.36. The first kappa shape index (κ1) is 23.4. The molecule has 1 aliphatic rings. The molecule has 35 heavy (non-hydrogen) atoms. The van der Waals surface area contributed by atoms with Crippen molar-refractivity contribution in [3.05, 3.63) is 106 Å². The SMILES string of the molecule is CCCN1C(=O)/C(=C/c2cn(Cc3cccc(F)c3)c3ccccc23)SC1=Nc1ccc(Cl)cc1. The fourth-order valence-corrected chi connectivity index (χ4v) is 5.27. The molecule has 3 aromatic carbocycles. The molecule has 0 unspecified atom stereocenters. The van der Waals surface area contributed by atoms with Crippen molar-refractivity contribution in [3.8, 4) is 0 Å². The maximum Gasteiger partial charge on any atom is 0.266 e. The van der Waals surface area contributed by atoms with Crippen LogP contribution in [-0.2, 0) is 11.3 Å². The number of carbonyl (C=O) groups excluding carboxylic acids is 1. The lowest BCUT2D eigenvalue weighted by molar-refractivity contribution is -0.122. The monoisotopic (exact) mass is 503 g/mol. The number of hydrogen-bond acceptors (Lipinski definition) is 3. The molecule has 0 N–H and O–H groups in total. The molecule has 0 radical (unpaired) electrons. The predicted molar refractivity (Wildman–Crippen MR) is 144 cm³/mol. The summed E-state index contributed by atoms with van der Waals surface area (Å²) in [5, 5.41) is 2.34. The van der Waals surface area contributed by atoms with E-state index in [0.29, 0.717) is 28.2 Å². The van der Waals surface area contributed by atoms with E-state index in [1.807, 2.05) is 61.7 Å². The number of amides is 1. The van der Waals surface area contributed by atoms with Gasteiger partial charge in [-0.1, -0.05) is 48.9 Å². The molecule has 0 bridgehead atoms. The Morgan fingerprint density at radius 1 is 1.06 bits per heavy atom. The minimum Gasteiger partial charge on any atom is -0.342 e. The minimum atomic E-state index is -0.252. The molecule has 2 heterocycles. The van der Waals surface area contributed by atoms with Gasteiger partial charge in [0.1, 0.15) is 5.82 Å². The largest absolute Gasteiger partial charge is 0.342 e. The van der Waals surface area contributed by atoms with Crippen LogP contribution in [0.5, 0.6) is 0 Å². The van der Waals surface area contributed by atoms with Gasteiger partial charge in [0.15, 0.2) is 5.17 Å². The van der Waals surface area contributed by atoms with Gasteiger partial charge in [0, 0.05) is 40.8 Å². The van der Waals surface area contributed by atoms with E-state index in [-0.39, 0.29) is 11.7 Å². The Kier molecular flexibility index (Phi) is 6.75. The average Bonchev–Trinajstić information content (AvgIpc) is 3.33. The predicted octanol–water partition coefficient (Wildman–Crippen LogP) is 7.50. The van der Waals surface area contributed by atoms with Gasteiger partial charge in [-0.05, 0) is 72.3 Å². The molecule has 1 aliphatic heterocycles. The fraction of sp³-hybridized carbons (Fsp3) is 0.143. The Morgan fingerprint density at radius 2 is 1.86 bits per heavy atom. The third-order valence-electron chi connectivity index (χ3n) is 5.73. The van der Waals surface area contributed by atoms with Crippen LogP contribution in [0.4, 0.5) is 10.1 Å². The molecule has 4 nitrogen and oxygen atoms in total. The van der Waals surface area contributed by atoms with Crippen molar-refractivity contribution in [1.29, 1.82) is 0 Å². The lowest BCUT2D eigenvalue weighted by Crippen LogP contribution is -2.29. The molecule has 0 aliphatic carbocycles. The van der Waals surface area contributed by atoms with Crippen LogP contribution >= 0.6 is 23.4 Å². The Balaban J connectivity index is 1.52. The van der Waals surface area contributed by atoms with Crippen LogP contribution in [0.25, 0.3) is 17.0 Å². The summed E-state index contributed by atoms with van der Waals surface area (Å²) in [5.41, 5.74) is 3.60. The van der Waals surface area contributed by atoms with E-state index in [9.17, 15) is 9.18 Å². The summed E-state index contributed by atoms with van der Waals surface area (Å²) in [4.78, 5) is 20.4. The van der Waals surface area contributed by atoms with Crippen LogP contribution in [-0.4, -0.2) is 27.1 Å². The number of rotatable bonds is 6. The van der Waals surface area contributed by atoms with Gasteiger partial charge in [-0.15, -0.1) is 0 Å². The Labute approximate surface area is 212 Å². The highest BCUT2D eigenvalue weighted by atomic mass is 35.5. The van der Waals surface area contributed by atoms with Gasteiger partial charge in [-0.2, -0.15) is 0 Å². The van der Waals surface area contributed by atoms with Crippen molar-refractivity contribution in [2.75, 3.05) is 6.54 Å². The molecular weight excluding hydrogens is 481 g/mol. The van der Waals surface area contributed by atoms with Gasteiger partial charge in [-0.25, -0.2) is 9.38 Å². The second-order valence-corrected chi connectivity index (χ2v) is 9.74. The molecule has 4 aromatic rings. The van der Waals surface area contributed by atoms with Crippen molar-refractivity contribution >= 4 is 57.1 Å². The highest BCUT2D eigenvalue weighted by Gasteiger charge is 2.33. The average molecular weight is 504 g/mol. The van der Waals surface area contributed by atoms with Gasteiger partial charge >= 0.3 is 0 Å². The zero-order chi connectivity index (χ0) is 24.4. The second kappa shape index (κ2) is 10.1. The van der Waals surface area contributed by atoms with Crippen LogP contribution in [0, 0.1) is 5.82 Å². The normalized spacial score (nSPS) is 16.2. The maximum atomic E-state index is 13.7. The molecule has 1 amide bonds. The molecule has 0 atom stereocenters. The number of carbonyl (C=O) groups is 1. The topological polar surface area (TPSA) is 37.6 Å². The van der Waals surface area contributed by atoms with E-state index in [1.165, 1.54) is 17.8 Å².